The molecule has 7 rings (SSSR count). The molecule has 1 saturated heterocycles. The Kier molecular flexibility index (Phi) is 4.93. The zero-order valence-electron chi connectivity index (χ0n) is 20.7. The molecule has 3 N–H and O–H groups in total. The Hall–Kier alpha value is -4.18. The number of nitrogens with one attached hydrogen (secondary N) is 1. The summed E-state index contributed by atoms with van der Waals surface area (Å²) in [7, 11) is 1.59. The monoisotopic (exact) mass is 513 g/mol. The first kappa shape index (κ1) is 23.0. The van der Waals surface area contributed by atoms with Gasteiger partial charge >= 0.3 is 0 Å². The lowest BCUT2D eigenvalue weighted by molar-refractivity contribution is 0.533. The van der Waals surface area contributed by atoms with Crippen molar-refractivity contribution in [2.45, 2.75) is 11.8 Å². The number of aromatic nitrogens is 5. The van der Waals surface area contributed by atoms with Crippen molar-refractivity contribution < 1.29 is 8.78 Å². The average Bonchev–Trinajstić information content (AvgIpc) is 3.39. The van der Waals surface area contributed by atoms with Crippen molar-refractivity contribution in [3.8, 4) is 11.3 Å². The summed E-state index contributed by atoms with van der Waals surface area (Å²) in [6, 6.07) is 11.5. The molecule has 4 heterocycles. The second kappa shape index (κ2) is 8.16. The van der Waals surface area contributed by atoms with Gasteiger partial charge in [0.1, 0.15) is 28.7 Å². The molecule has 192 valence electrons. The van der Waals surface area contributed by atoms with Crippen LogP contribution in [0.15, 0.2) is 59.7 Å². The minimum atomic E-state index is -0.578. The van der Waals surface area contributed by atoms with E-state index in [1.807, 2.05) is 12.1 Å². The average molecular weight is 514 g/mol. The van der Waals surface area contributed by atoms with Crippen molar-refractivity contribution in [2.24, 2.45) is 24.6 Å². The molecule has 0 unspecified atom stereocenters. The zero-order valence-corrected chi connectivity index (χ0v) is 20.7. The number of nitrogens with zero attached hydrogens (tertiary/aromatic N) is 5. The Bertz CT molecular complexity index is 1800. The number of benzene rings is 2. The number of pyridine rings is 1. The molecular weight excluding hydrogens is 488 g/mol. The Balaban J connectivity index is 1.23. The third-order valence-corrected chi connectivity index (χ3v) is 8.57. The van der Waals surface area contributed by atoms with Crippen LogP contribution in [0.2, 0.25) is 0 Å². The van der Waals surface area contributed by atoms with Crippen LogP contribution in [0.25, 0.3) is 33.2 Å². The number of aryl methyl sites for hydroxylation is 1. The second-order valence-electron chi connectivity index (χ2n) is 10.3. The lowest BCUT2D eigenvalue weighted by Gasteiger charge is -2.26. The highest BCUT2D eigenvalue weighted by atomic mass is 19.1. The predicted octanol–water partition coefficient (Wildman–Crippen LogP) is 3.50. The van der Waals surface area contributed by atoms with Gasteiger partial charge in [0, 0.05) is 49.2 Å². The summed E-state index contributed by atoms with van der Waals surface area (Å²) in [4.78, 5) is 24.2. The van der Waals surface area contributed by atoms with Crippen LogP contribution in [0.5, 0.6) is 0 Å². The minimum absolute atomic E-state index is 0.0128. The summed E-state index contributed by atoms with van der Waals surface area (Å²) >= 11 is 0. The van der Waals surface area contributed by atoms with Gasteiger partial charge in [-0.1, -0.05) is 18.2 Å². The molecular formula is C28H25F2N7O. The van der Waals surface area contributed by atoms with E-state index in [1.54, 1.807) is 37.6 Å². The predicted molar refractivity (Wildman–Crippen MR) is 141 cm³/mol. The Morgan fingerprint density at radius 2 is 1.97 bits per heavy atom. The highest BCUT2D eigenvalue weighted by Crippen LogP contribution is 2.63. The first-order chi connectivity index (χ1) is 18.4. The lowest BCUT2D eigenvalue weighted by atomic mass is 9.91. The van der Waals surface area contributed by atoms with Crippen molar-refractivity contribution in [3.63, 3.8) is 0 Å². The van der Waals surface area contributed by atoms with Crippen LogP contribution in [-0.2, 0) is 12.5 Å². The molecule has 0 bridgehead atoms. The molecule has 0 spiro atoms. The number of aromatic amines is 1. The van der Waals surface area contributed by atoms with Gasteiger partial charge in [-0.2, -0.15) is 5.10 Å². The van der Waals surface area contributed by atoms with E-state index < -0.39 is 11.4 Å². The number of halogens is 2. The van der Waals surface area contributed by atoms with Gasteiger partial charge in [-0.3, -0.25) is 9.89 Å². The number of fused-ring (bicyclic) bond motifs is 3. The molecule has 0 amide bonds. The maximum atomic E-state index is 14.7. The second-order valence-corrected chi connectivity index (χ2v) is 10.3. The molecule has 1 aliphatic carbocycles. The van der Waals surface area contributed by atoms with Crippen LogP contribution in [0.3, 0.4) is 0 Å². The molecule has 5 aromatic rings. The maximum Gasteiger partial charge on any atom is 0.261 e. The SMILES string of the molecule is Cn1ccc2c(-c3n[nH]c4nc(N5CC[C@@H]6[C@H](C5)[C@@]6(CN)c5ccccc5F)cnc34)ccc(F)c2c1=O. The van der Waals surface area contributed by atoms with Crippen LogP contribution < -0.4 is 16.2 Å². The Labute approximate surface area is 216 Å². The molecule has 1 aliphatic heterocycles. The van der Waals surface area contributed by atoms with E-state index >= 15 is 0 Å². The molecule has 3 atom stereocenters. The van der Waals surface area contributed by atoms with E-state index in [-0.39, 0.29) is 22.5 Å². The molecule has 2 fully saturated rings. The fraction of sp³-hybridized carbons (Fsp3) is 0.286. The topological polar surface area (TPSA) is 106 Å². The van der Waals surface area contributed by atoms with E-state index in [2.05, 4.69) is 20.1 Å². The van der Waals surface area contributed by atoms with Crippen LogP contribution in [0, 0.1) is 23.5 Å². The van der Waals surface area contributed by atoms with Crippen molar-refractivity contribution in [1.29, 1.82) is 0 Å². The standard InChI is InChI=1S/C28H25F2N7O/c1-36-10-8-15-16(6-7-21(30)23(15)27(36)38)24-25-26(35-34-24)33-22(12-32-25)37-11-9-17-19(13-37)28(17,14-31)18-4-2-3-5-20(18)29/h2-8,10,12,17,19H,9,11,13-14,31H2,1H3,(H,33,34,35)/t17-,19+,28-/m1/s1. The quantitative estimate of drug-likeness (QED) is 0.381. The van der Waals surface area contributed by atoms with Gasteiger partial charge in [0.25, 0.3) is 5.56 Å². The molecule has 38 heavy (non-hydrogen) atoms. The third kappa shape index (κ3) is 3.10. The van der Waals surface area contributed by atoms with Crippen molar-refractivity contribution in [1.82, 2.24) is 24.7 Å². The summed E-state index contributed by atoms with van der Waals surface area (Å²) in [5.41, 5.74) is 8.32. The van der Waals surface area contributed by atoms with E-state index in [1.165, 1.54) is 16.7 Å². The van der Waals surface area contributed by atoms with E-state index in [0.29, 0.717) is 58.2 Å². The van der Waals surface area contributed by atoms with E-state index in [9.17, 15) is 13.6 Å². The molecule has 8 nitrogen and oxygen atoms in total. The first-order valence-electron chi connectivity index (χ1n) is 12.6. The van der Waals surface area contributed by atoms with Crippen molar-refractivity contribution in [2.75, 3.05) is 24.5 Å². The molecule has 0 radical (unpaired) electrons. The highest BCUT2D eigenvalue weighted by Gasteiger charge is 2.66. The number of anilines is 1. The highest BCUT2D eigenvalue weighted by molar-refractivity contribution is 6.01. The number of piperidine rings is 1. The number of rotatable bonds is 4. The number of hydrogen-bond donors (Lipinski definition) is 2. The van der Waals surface area contributed by atoms with E-state index in [4.69, 9.17) is 10.7 Å². The zero-order chi connectivity index (χ0) is 26.2. The molecule has 3 aromatic heterocycles. The van der Waals surface area contributed by atoms with Gasteiger partial charge in [-0.15, -0.1) is 0 Å². The van der Waals surface area contributed by atoms with E-state index in [0.717, 1.165) is 13.0 Å². The van der Waals surface area contributed by atoms with Gasteiger partial charge in [-0.25, -0.2) is 18.7 Å². The molecule has 1 saturated carbocycles. The fourth-order valence-corrected chi connectivity index (χ4v) is 6.59. The maximum absolute atomic E-state index is 14.7. The Morgan fingerprint density at radius 3 is 2.79 bits per heavy atom. The molecule has 2 aliphatic rings. The van der Waals surface area contributed by atoms with Gasteiger partial charge in [0.2, 0.25) is 0 Å². The first-order valence-corrected chi connectivity index (χ1v) is 12.6. The summed E-state index contributed by atoms with van der Waals surface area (Å²) in [6.45, 7) is 1.88. The largest absolute Gasteiger partial charge is 0.355 e. The van der Waals surface area contributed by atoms with Crippen molar-refractivity contribution in [3.05, 3.63) is 82.4 Å². The number of hydrogen-bond acceptors (Lipinski definition) is 6. The van der Waals surface area contributed by atoms with Gasteiger partial charge in [0.05, 0.1) is 11.6 Å². The van der Waals surface area contributed by atoms with Crippen LogP contribution in [0.1, 0.15) is 12.0 Å². The van der Waals surface area contributed by atoms with Crippen LogP contribution in [0.4, 0.5) is 14.6 Å². The summed E-state index contributed by atoms with van der Waals surface area (Å²) in [6.07, 6.45) is 4.21. The van der Waals surface area contributed by atoms with Crippen molar-refractivity contribution >= 4 is 27.8 Å². The summed E-state index contributed by atoms with van der Waals surface area (Å²) < 4.78 is 30.6. The number of H-pyrrole nitrogens is 1. The van der Waals surface area contributed by atoms with Gasteiger partial charge in [-0.05, 0) is 48.1 Å². The van der Waals surface area contributed by atoms with Crippen LogP contribution >= 0.6 is 0 Å². The lowest BCUT2D eigenvalue weighted by Crippen LogP contribution is -2.32. The Morgan fingerprint density at radius 1 is 1.13 bits per heavy atom. The van der Waals surface area contributed by atoms with Gasteiger partial charge < -0.3 is 15.2 Å². The minimum Gasteiger partial charge on any atom is -0.355 e. The van der Waals surface area contributed by atoms with Crippen LogP contribution in [-0.4, -0.2) is 44.4 Å². The summed E-state index contributed by atoms with van der Waals surface area (Å²) in [5, 5.41) is 7.87. The summed E-state index contributed by atoms with van der Waals surface area (Å²) in [5.74, 6) is 0.508. The normalized spacial score (nSPS) is 22.7. The smallest absolute Gasteiger partial charge is 0.261 e. The number of nitrogens with two attached hydrogens (primary N) is 1. The molecule has 2 aromatic carbocycles. The fourth-order valence-electron chi connectivity index (χ4n) is 6.59. The third-order valence-electron chi connectivity index (χ3n) is 8.57. The van der Waals surface area contributed by atoms with Gasteiger partial charge in [0.15, 0.2) is 5.65 Å². The molecule has 10 heteroatoms.